The summed E-state index contributed by atoms with van der Waals surface area (Å²) < 4.78 is 0. The molecule has 1 aromatic rings. The number of nitrogens with one attached hydrogen (secondary N) is 1. The van der Waals surface area contributed by atoms with Crippen LogP contribution < -0.4 is 0 Å². The molecule has 0 radical (unpaired) electrons. The molecule has 1 spiro atoms. The third-order valence-corrected chi connectivity index (χ3v) is 6.44. The molecular weight excluding hydrogens is 330 g/mol. The number of nitrogens with zero attached hydrogens (tertiary/aromatic N) is 4. The molecule has 0 bridgehead atoms. The Kier molecular flexibility index (Phi) is 4.71. The van der Waals surface area contributed by atoms with Crippen LogP contribution in [0.5, 0.6) is 0 Å². The lowest BCUT2D eigenvalue weighted by atomic mass is 9.77. The predicted octanol–water partition coefficient (Wildman–Crippen LogP) is 1.83. The second-order valence-electron chi connectivity index (χ2n) is 8.25. The zero-order chi connectivity index (χ0) is 18.1. The van der Waals surface area contributed by atoms with Crippen LogP contribution in [0.2, 0.25) is 0 Å². The van der Waals surface area contributed by atoms with Crippen molar-refractivity contribution in [2.24, 2.45) is 5.41 Å². The Hall–Kier alpha value is -1.92. The van der Waals surface area contributed by atoms with Crippen molar-refractivity contribution >= 4 is 11.8 Å². The largest absolute Gasteiger partial charge is 0.341 e. The Bertz CT molecular complexity index is 681. The molecule has 1 N–H and O–H groups in total. The number of piperidine rings is 1. The Morgan fingerprint density at radius 2 is 2.00 bits per heavy atom. The van der Waals surface area contributed by atoms with Crippen molar-refractivity contribution in [3.63, 3.8) is 0 Å². The van der Waals surface area contributed by atoms with Crippen molar-refractivity contribution in [1.29, 1.82) is 0 Å². The summed E-state index contributed by atoms with van der Waals surface area (Å²) in [6.45, 7) is 3.96. The standard InChI is InChI=1S/C19H29N5O2/c1-14-20-16(22-21-14)12-17(25)23-11-9-19(13-23)8-5-10-24(18(19)26)15-6-3-2-4-7-15/h15H,2-13H2,1H3,(H,20,21,22)/t19-/m0/s1. The van der Waals surface area contributed by atoms with E-state index >= 15 is 0 Å². The fourth-order valence-electron chi connectivity index (χ4n) is 5.02. The molecule has 4 rings (SSSR count). The summed E-state index contributed by atoms with van der Waals surface area (Å²) in [6.07, 6.45) is 9.05. The van der Waals surface area contributed by atoms with Gasteiger partial charge in [0.2, 0.25) is 11.8 Å². The second kappa shape index (κ2) is 7.00. The minimum Gasteiger partial charge on any atom is -0.341 e. The van der Waals surface area contributed by atoms with E-state index in [1.807, 2.05) is 11.8 Å². The molecule has 0 unspecified atom stereocenters. The van der Waals surface area contributed by atoms with Crippen molar-refractivity contribution in [3.8, 4) is 0 Å². The third-order valence-electron chi connectivity index (χ3n) is 6.44. The molecule has 2 aliphatic heterocycles. The van der Waals surface area contributed by atoms with Crippen LogP contribution in [0.4, 0.5) is 0 Å². The van der Waals surface area contributed by atoms with E-state index in [0.717, 1.165) is 44.5 Å². The number of hydrogen-bond acceptors (Lipinski definition) is 4. The highest BCUT2D eigenvalue weighted by molar-refractivity contribution is 5.86. The minimum absolute atomic E-state index is 0.0310. The van der Waals surface area contributed by atoms with Crippen LogP contribution in [0.15, 0.2) is 0 Å². The van der Waals surface area contributed by atoms with Gasteiger partial charge in [0.25, 0.3) is 0 Å². The van der Waals surface area contributed by atoms with Crippen molar-refractivity contribution in [2.75, 3.05) is 19.6 Å². The van der Waals surface area contributed by atoms with Gasteiger partial charge in [-0.15, -0.1) is 0 Å². The molecule has 2 saturated heterocycles. The topological polar surface area (TPSA) is 82.2 Å². The molecule has 7 nitrogen and oxygen atoms in total. The number of hydrogen-bond donors (Lipinski definition) is 1. The van der Waals surface area contributed by atoms with E-state index in [1.165, 1.54) is 19.3 Å². The molecule has 1 saturated carbocycles. The first-order valence-corrected chi connectivity index (χ1v) is 10.0. The molecule has 26 heavy (non-hydrogen) atoms. The number of H-pyrrole nitrogens is 1. The normalized spacial score (nSPS) is 27.5. The lowest BCUT2D eigenvalue weighted by molar-refractivity contribution is -0.149. The van der Waals surface area contributed by atoms with Gasteiger partial charge in [-0.05, 0) is 39.0 Å². The van der Waals surface area contributed by atoms with E-state index in [-0.39, 0.29) is 17.7 Å². The summed E-state index contributed by atoms with van der Waals surface area (Å²) in [5.74, 6) is 1.59. The van der Waals surface area contributed by atoms with Crippen LogP contribution in [-0.2, 0) is 16.0 Å². The van der Waals surface area contributed by atoms with Crippen LogP contribution in [-0.4, -0.2) is 62.5 Å². The van der Waals surface area contributed by atoms with Crippen LogP contribution in [0.3, 0.4) is 0 Å². The maximum absolute atomic E-state index is 13.3. The van der Waals surface area contributed by atoms with Gasteiger partial charge in [0, 0.05) is 25.7 Å². The molecule has 7 heteroatoms. The number of carbonyl (C=O) groups is 2. The number of aryl methyl sites for hydroxylation is 1. The highest BCUT2D eigenvalue weighted by Gasteiger charge is 2.50. The van der Waals surface area contributed by atoms with Crippen molar-refractivity contribution in [3.05, 3.63) is 11.6 Å². The summed E-state index contributed by atoms with van der Waals surface area (Å²) in [5.41, 5.74) is -0.347. The lowest BCUT2D eigenvalue weighted by Crippen LogP contribution is -2.54. The van der Waals surface area contributed by atoms with E-state index in [0.29, 0.717) is 30.9 Å². The molecule has 3 heterocycles. The number of likely N-dealkylation sites (tertiary alicyclic amines) is 2. The molecule has 2 amide bonds. The molecule has 1 aromatic heterocycles. The summed E-state index contributed by atoms with van der Waals surface area (Å²) >= 11 is 0. The van der Waals surface area contributed by atoms with Gasteiger partial charge in [-0.3, -0.25) is 14.7 Å². The Balaban J connectivity index is 1.42. The van der Waals surface area contributed by atoms with Crippen LogP contribution in [0.25, 0.3) is 0 Å². The first-order chi connectivity index (χ1) is 12.6. The van der Waals surface area contributed by atoms with Gasteiger partial charge in [0.1, 0.15) is 5.82 Å². The molecule has 3 aliphatic rings. The van der Waals surface area contributed by atoms with Crippen molar-refractivity contribution in [1.82, 2.24) is 25.0 Å². The van der Waals surface area contributed by atoms with Gasteiger partial charge in [-0.2, -0.15) is 5.10 Å². The molecule has 3 fully saturated rings. The van der Waals surface area contributed by atoms with Crippen molar-refractivity contribution in [2.45, 2.75) is 70.8 Å². The summed E-state index contributed by atoms with van der Waals surface area (Å²) in [7, 11) is 0. The average molecular weight is 359 g/mol. The zero-order valence-corrected chi connectivity index (χ0v) is 15.7. The van der Waals surface area contributed by atoms with E-state index in [1.54, 1.807) is 0 Å². The Labute approximate surface area is 154 Å². The smallest absolute Gasteiger partial charge is 0.230 e. The maximum atomic E-state index is 13.3. The van der Waals surface area contributed by atoms with Gasteiger partial charge in [-0.1, -0.05) is 19.3 Å². The van der Waals surface area contributed by atoms with Gasteiger partial charge in [0.05, 0.1) is 11.8 Å². The van der Waals surface area contributed by atoms with Crippen LogP contribution in [0, 0.1) is 12.3 Å². The first kappa shape index (κ1) is 17.5. The van der Waals surface area contributed by atoms with E-state index in [2.05, 4.69) is 20.1 Å². The average Bonchev–Trinajstić information content (AvgIpc) is 3.25. The lowest BCUT2D eigenvalue weighted by Gasteiger charge is -2.44. The number of aromatic amines is 1. The van der Waals surface area contributed by atoms with Gasteiger partial charge in [-0.25, -0.2) is 4.98 Å². The molecule has 1 atom stereocenters. The minimum atomic E-state index is -0.347. The van der Waals surface area contributed by atoms with E-state index < -0.39 is 0 Å². The van der Waals surface area contributed by atoms with Gasteiger partial charge < -0.3 is 9.80 Å². The monoisotopic (exact) mass is 359 g/mol. The fraction of sp³-hybridized carbons (Fsp3) is 0.789. The van der Waals surface area contributed by atoms with Crippen LogP contribution >= 0.6 is 0 Å². The molecule has 142 valence electrons. The quantitative estimate of drug-likeness (QED) is 0.893. The zero-order valence-electron chi connectivity index (χ0n) is 15.7. The highest BCUT2D eigenvalue weighted by Crippen LogP contribution is 2.42. The highest BCUT2D eigenvalue weighted by atomic mass is 16.2. The number of carbonyl (C=O) groups excluding carboxylic acids is 2. The summed E-state index contributed by atoms with van der Waals surface area (Å²) in [5, 5.41) is 6.84. The molecular formula is C19H29N5O2. The third kappa shape index (κ3) is 3.23. The first-order valence-electron chi connectivity index (χ1n) is 10.0. The van der Waals surface area contributed by atoms with Gasteiger partial charge >= 0.3 is 0 Å². The number of aromatic nitrogens is 3. The second-order valence-corrected chi connectivity index (χ2v) is 8.25. The SMILES string of the molecule is Cc1nc(CC(=O)N2CC[C@@]3(CCCN(C4CCCCC4)C3=O)C2)n[nH]1. The van der Waals surface area contributed by atoms with E-state index in [4.69, 9.17) is 0 Å². The van der Waals surface area contributed by atoms with Crippen molar-refractivity contribution < 1.29 is 9.59 Å². The van der Waals surface area contributed by atoms with Crippen LogP contribution in [0.1, 0.15) is 63.0 Å². The molecule has 1 aliphatic carbocycles. The predicted molar refractivity (Wildman–Crippen MR) is 96.3 cm³/mol. The summed E-state index contributed by atoms with van der Waals surface area (Å²) in [6, 6.07) is 0.425. The van der Waals surface area contributed by atoms with Gasteiger partial charge in [0.15, 0.2) is 5.82 Å². The summed E-state index contributed by atoms with van der Waals surface area (Å²) in [4.78, 5) is 34.2. The molecule has 0 aromatic carbocycles. The Morgan fingerprint density at radius 1 is 1.19 bits per heavy atom. The Morgan fingerprint density at radius 3 is 2.73 bits per heavy atom. The van der Waals surface area contributed by atoms with E-state index in [9.17, 15) is 9.59 Å². The number of amides is 2. The number of rotatable bonds is 3. The maximum Gasteiger partial charge on any atom is 0.230 e. The fourth-order valence-corrected chi connectivity index (χ4v) is 5.02.